The Morgan fingerprint density at radius 1 is 1.00 bits per heavy atom. The minimum atomic E-state index is -0.600. The molecule has 1 aliphatic heterocycles. The van der Waals surface area contributed by atoms with Gasteiger partial charge in [0.25, 0.3) is 5.91 Å². The van der Waals surface area contributed by atoms with Crippen molar-refractivity contribution in [3.05, 3.63) is 83.1 Å². The molecule has 1 saturated heterocycles. The van der Waals surface area contributed by atoms with Crippen LogP contribution >= 0.6 is 11.6 Å². The zero-order chi connectivity index (χ0) is 21.8. The van der Waals surface area contributed by atoms with E-state index in [4.69, 9.17) is 16.3 Å². The number of piperazine rings is 1. The van der Waals surface area contributed by atoms with Crippen LogP contribution in [0.5, 0.6) is 0 Å². The molecule has 3 aromatic rings. The van der Waals surface area contributed by atoms with Crippen LogP contribution in [0.2, 0.25) is 5.02 Å². The minimum Gasteiger partial charge on any atom is -0.468 e. The maximum absolute atomic E-state index is 13.0. The summed E-state index contributed by atoms with van der Waals surface area (Å²) in [5, 5.41) is 4.83. The fraction of sp³-hybridized carbons (Fsp3) is 0.261. The molecular formula is C23H23ClN4O3. The maximum Gasteiger partial charge on any atom is 0.327 e. The number of hydrogen-bond acceptors (Lipinski definition) is 5. The summed E-state index contributed by atoms with van der Waals surface area (Å²) < 4.78 is 6.72. The van der Waals surface area contributed by atoms with Crippen LogP contribution in [0.15, 0.2) is 67.0 Å². The molecule has 0 N–H and O–H groups in total. The highest BCUT2D eigenvalue weighted by Crippen LogP contribution is 2.29. The van der Waals surface area contributed by atoms with Gasteiger partial charge in [-0.15, -0.1) is 0 Å². The van der Waals surface area contributed by atoms with Gasteiger partial charge in [-0.3, -0.25) is 9.69 Å². The van der Waals surface area contributed by atoms with E-state index in [1.165, 1.54) is 7.11 Å². The van der Waals surface area contributed by atoms with Gasteiger partial charge in [0.2, 0.25) is 0 Å². The number of nitrogens with zero attached hydrogens (tertiary/aromatic N) is 4. The molecule has 2 heterocycles. The Balaban J connectivity index is 1.45. The van der Waals surface area contributed by atoms with Gasteiger partial charge in [-0.05, 0) is 23.8 Å². The fourth-order valence-electron chi connectivity index (χ4n) is 3.80. The standard InChI is InChI=1S/C23H23ClN4O3/c1-31-23(30)21(19-9-5-6-10-20(19)24)26-11-13-27(14-12-26)22(29)17-15-25-28(16-17)18-7-3-2-4-8-18/h2-10,15-16,21H,11-14H2,1H3/t21-/m0/s1. The summed E-state index contributed by atoms with van der Waals surface area (Å²) in [6, 6.07) is 16.3. The second-order valence-corrected chi connectivity index (χ2v) is 7.69. The largest absolute Gasteiger partial charge is 0.468 e. The molecule has 0 bridgehead atoms. The van der Waals surface area contributed by atoms with Gasteiger partial charge >= 0.3 is 5.97 Å². The molecule has 4 rings (SSSR count). The Kier molecular flexibility index (Phi) is 6.34. The van der Waals surface area contributed by atoms with Crippen LogP contribution in [0.3, 0.4) is 0 Å². The monoisotopic (exact) mass is 438 g/mol. The van der Waals surface area contributed by atoms with Crippen LogP contribution in [0, 0.1) is 0 Å². The molecule has 160 valence electrons. The number of esters is 1. The lowest BCUT2D eigenvalue weighted by atomic mass is 10.0. The topological polar surface area (TPSA) is 67.7 Å². The van der Waals surface area contributed by atoms with Crippen molar-refractivity contribution < 1.29 is 14.3 Å². The van der Waals surface area contributed by atoms with E-state index < -0.39 is 6.04 Å². The predicted octanol–water partition coefficient (Wildman–Crippen LogP) is 3.20. The lowest BCUT2D eigenvalue weighted by Crippen LogP contribution is -2.51. The molecular weight excluding hydrogens is 416 g/mol. The third-order valence-corrected chi connectivity index (χ3v) is 5.79. The van der Waals surface area contributed by atoms with Crippen LogP contribution in [-0.2, 0) is 9.53 Å². The molecule has 0 unspecified atom stereocenters. The van der Waals surface area contributed by atoms with Crippen LogP contribution in [-0.4, -0.2) is 64.7 Å². The number of hydrogen-bond donors (Lipinski definition) is 0. The summed E-state index contributed by atoms with van der Waals surface area (Å²) in [6.07, 6.45) is 3.33. The highest BCUT2D eigenvalue weighted by Gasteiger charge is 2.33. The quantitative estimate of drug-likeness (QED) is 0.572. The Hall–Kier alpha value is -3.16. The number of aromatic nitrogens is 2. The van der Waals surface area contributed by atoms with E-state index in [1.807, 2.05) is 53.4 Å². The smallest absolute Gasteiger partial charge is 0.327 e. The number of para-hydroxylation sites is 1. The lowest BCUT2D eigenvalue weighted by molar-refractivity contribution is -0.148. The molecule has 2 aromatic carbocycles. The van der Waals surface area contributed by atoms with Crippen molar-refractivity contribution in [3.8, 4) is 5.69 Å². The van der Waals surface area contributed by atoms with Gasteiger partial charge in [-0.25, -0.2) is 9.48 Å². The van der Waals surface area contributed by atoms with Crippen LogP contribution in [0.1, 0.15) is 22.0 Å². The SMILES string of the molecule is COC(=O)[C@H](c1ccccc1Cl)N1CCN(C(=O)c2cnn(-c3ccccc3)c2)CC1. The van der Waals surface area contributed by atoms with Crippen molar-refractivity contribution in [1.29, 1.82) is 0 Å². The molecule has 0 saturated carbocycles. The predicted molar refractivity (Wildman–Crippen MR) is 117 cm³/mol. The van der Waals surface area contributed by atoms with E-state index in [-0.39, 0.29) is 11.9 Å². The summed E-state index contributed by atoms with van der Waals surface area (Å²) in [5.74, 6) is -0.439. The zero-order valence-corrected chi connectivity index (χ0v) is 17.9. The van der Waals surface area contributed by atoms with Crippen LogP contribution < -0.4 is 0 Å². The second kappa shape index (κ2) is 9.32. The number of amides is 1. The molecule has 1 fully saturated rings. The zero-order valence-electron chi connectivity index (χ0n) is 17.1. The molecule has 1 atom stereocenters. The maximum atomic E-state index is 13.0. The summed E-state index contributed by atoms with van der Waals surface area (Å²) in [6.45, 7) is 2.05. The second-order valence-electron chi connectivity index (χ2n) is 7.28. The number of carbonyl (C=O) groups excluding carboxylic acids is 2. The van der Waals surface area contributed by atoms with Gasteiger partial charge in [0.05, 0.1) is 24.6 Å². The summed E-state index contributed by atoms with van der Waals surface area (Å²) in [4.78, 5) is 29.3. The molecule has 0 aliphatic carbocycles. The molecule has 1 aromatic heterocycles. The molecule has 7 nitrogen and oxygen atoms in total. The van der Waals surface area contributed by atoms with E-state index in [1.54, 1.807) is 28.0 Å². The van der Waals surface area contributed by atoms with Crippen molar-refractivity contribution in [2.24, 2.45) is 0 Å². The van der Waals surface area contributed by atoms with E-state index in [0.29, 0.717) is 42.3 Å². The summed E-state index contributed by atoms with van der Waals surface area (Å²) in [7, 11) is 1.37. The average Bonchev–Trinajstić information content (AvgIpc) is 3.31. The first-order chi connectivity index (χ1) is 15.1. The van der Waals surface area contributed by atoms with Gasteiger partial charge in [0.15, 0.2) is 0 Å². The van der Waals surface area contributed by atoms with Gasteiger partial charge in [-0.2, -0.15) is 5.10 Å². The van der Waals surface area contributed by atoms with Crippen molar-refractivity contribution >= 4 is 23.5 Å². The lowest BCUT2D eigenvalue weighted by Gasteiger charge is -2.38. The molecule has 31 heavy (non-hydrogen) atoms. The Bertz CT molecular complexity index is 1060. The highest BCUT2D eigenvalue weighted by molar-refractivity contribution is 6.31. The first-order valence-electron chi connectivity index (χ1n) is 10.0. The Morgan fingerprint density at radius 3 is 2.35 bits per heavy atom. The number of carbonyl (C=O) groups is 2. The number of rotatable bonds is 5. The van der Waals surface area contributed by atoms with Gasteiger partial charge < -0.3 is 9.64 Å². The van der Waals surface area contributed by atoms with Gasteiger partial charge in [0.1, 0.15) is 6.04 Å². The van der Waals surface area contributed by atoms with E-state index in [2.05, 4.69) is 5.10 Å². The van der Waals surface area contributed by atoms with Crippen molar-refractivity contribution in [2.75, 3.05) is 33.3 Å². The third-order valence-electron chi connectivity index (χ3n) is 5.44. The molecule has 0 spiro atoms. The molecule has 0 radical (unpaired) electrons. The minimum absolute atomic E-state index is 0.0748. The number of ether oxygens (including phenoxy) is 1. The first-order valence-corrected chi connectivity index (χ1v) is 10.4. The number of halogens is 1. The van der Waals surface area contributed by atoms with Crippen molar-refractivity contribution in [3.63, 3.8) is 0 Å². The summed E-state index contributed by atoms with van der Waals surface area (Å²) >= 11 is 6.34. The Morgan fingerprint density at radius 2 is 1.68 bits per heavy atom. The van der Waals surface area contributed by atoms with E-state index >= 15 is 0 Å². The van der Waals surface area contributed by atoms with E-state index in [0.717, 1.165) is 5.69 Å². The number of benzene rings is 2. The van der Waals surface area contributed by atoms with Gasteiger partial charge in [-0.1, -0.05) is 48.0 Å². The van der Waals surface area contributed by atoms with Crippen LogP contribution in [0.25, 0.3) is 5.69 Å². The molecule has 1 amide bonds. The first kappa shape index (κ1) is 21.1. The summed E-state index contributed by atoms with van der Waals surface area (Å²) in [5.41, 5.74) is 2.14. The van der Waals surface area contributed by atoms with E-state index in [9.17, 15) is 9.59 Å². The molecule has 8 heteroatoms. The normalized spacial score (nSPS) is 15.5. The fourth-order valence-corrected chi connectivity index (χ4v) is 4.04. The van der Waals surface area contributed by atoms with Crippen molar-refractivity contribution in [2.45, 2.75) is 6.04 Å². The number of methoxy groups -OCH3 is 1. The molecule has 1 aliphatic rings. The highest BCUT2D eigenvalue weighted by atomic mass is 35.5. The third kappa shape index (κ3) is 4.47. The van der Waals surface area contributed by atoms with Crippen LogP contribution in [0.4, 0.5) is 0 Å². The van der Waals surface area contributed by atoms with Crippen molar-refractivity contribution in [1.82, 2.24) is 19.6 Å². The van der Waals surface area contributed by atoms with Gasteiger partial charge in [0, 0.05) is 37.4 Å². The average molecular weight is 439 g/mol. The Labute approximate surface area is 185 Å².